The maximum atomic E-state index is 14.2. The van der Waals surface area contributed by atoms with E-state index >= 15 is 0 Å². The van der Waals surface area contributed by atoms with E-state index in [-0.39, 0.29) is 17.2 Å². The number of nitrogens with zero attached hydrogens (tertiary/aromatic N) is 5. The number of hydrogen-bond acceptors (Lipinski definition) is 6. The monoisotopic (exact) mass is 378 g/mol. The van der Waals surface area contributed by atoms with Crippen molar-refractivity contribution in [3.63, 3.8) is 0 Å². The predicted octanol–water partition coefficient (Wildman–Crippen LogP) is 4.14. The van der Waals surface area contributed by atoms with Crippen molar-refractivity contribution in [1.82, 2.24) is 15.0 Å². The Labute approximate surface area is 164 Å². The van der Waals surface area contributed by atoms with Gasteiger partial charge in [0.25, 0.3) is 0 Å². The van der Waals surface area contributed by atoms with E-state index in [0.717, 1.165) is 19.3 Å². The van der Waals surface area contributed by atoms with Crippen LogP contribution in [0.1, 0.15) is 43.9 Å². The van der Waals surface area contributed by atoms with Crippen molar-refractivity contribution in [2.24, 2.45) is 10.9 Å². The van der Waals surface area contributed by atoms with Gasteiger partial charge in [-0.15, -0.1) is 0 Å². The molecule has 1 aliphatic rings. The molecule has 1 unspecified atom stereocenters. The van der Waals surface area contributed by atoms with Crippen LogP contribution in [0, 0.1) is 23.1 Å². The molecule has 0 bridgehead atoms. The van der Waals surface area contributed by atoms with Crippen LogP contribution in [0.15, 0.2) is 42.3 Å². The zero-order valence-corrected chi connectivity index (χ0v) is 15.9. The third-order valence-corrected chi connectivity index (χ3v) is 5.04. The van der Waals surface area contributed by atoms with Gasteiger partial charge in [0.05, 0.1) is 17.5 Å². The largest absolute Gasteiger partial charge is 0.353 e. The van der Waals surface area contributed by atoms with Gasteiger partial charge in [-0.2, -0.15) is 5.26 Å². The number of pyridine rings is 1. The highest BCUT2D eigenvalue weighted by Crippen LogP contribution is 2.43. The first-order valence-corrected chi connectivity index (χ1v) is 9.31. The third-order valence-electron chi connectivity index (χ3n) is 5.04. The standard InChI is InChI=1S/C21H23FN6/c1-15(6-9-23)11-25-16(2)17-12-26-20(27-13-17)28-14-21(7-4-8-21)19-18(22)5-3-10-24-19/h3,5,10-13,15H,2,4,6-8,14H2,1H3,(H,26,27,28). The number of aromatic nitrogens is 3. The summed E-state index contributed by atoms with van der Waals surface area (Å²) in [6, 6.07) is 5.17. The second kappa shape index (κ2) is 8.70. The van der Waals surface area contributed by atoms with Crippen molar-refractivity contribution in [2.45, 2.75) is 38.0 Å². The molecule has 2 heterocycles. The zero-order valence-electron chi connectivity index (χ0n) is 15.9. The highest BCUT2D eigenvalue weighted by molar-refractivity contribution is 5.73. The summed E-state index contributed by atoms with van der Waals surface area (Å²) in [7, 11) is 0. The molecular formula is C21H23FN6. The fourth-order valence-corrected chi connectivity index (χ4v) is 3.18. The van der Waals surface area contributed by atoms with Gasteiger partial charge in [-0.05, 0) is 25.0 Å². The van der Waals surface area contributed by atoms with Gasteiger partial charge >= 0.3 is 0 Å². The van der Waals surface area contributed by atoms with Crippen LogP contribution in [0.4, 0.5) is 10.3 Å². The maximum absolute atomic E-state index is 14.2. The van der Waals surface area contributed by atoms with E-state index in [1.807, 2.05) is 6.92 Å². The van der Waals surface area contributed by atoms with E-state index in [0.29, 0.717) is 35.9 Å². The van der Waals surface area contributed by atoms with E-state index in [1.54, 1.807) is 30.9 Å². The van der Waals surface area contributed by atoms with E-state index in [2.05, 4.69) is 37.9 Å². The van der Waals surface area contributed by atoms with Crippen LogP contribution in [-0.4, -0.2) is 27.7 Å². The zero-order chi connectivity index (χ0) is 20.0. The van der Waals surface area contributed by atoms with Gasteiger partial charge in [0, 0.05) is 54.7 Å². The number of aliphatic imine (C=N–C) groups is 1. The molecule has 2 aromatic heterocycles. The van der Waals surface area contributed by atoms with Gasteiger partial charge in [0.2, 0.25) is 5.95 Å². The minimum absolute atomic E-state index is 0.0641. The number of nitrogens with one attached hydrogen (secondary N) is 1. The minimum Gasteiger partial charge on any atom is -0.353 e. The Morgan fingerprint density at radius 3 is 2.79 bits per heavy atom. The van der Waals surface area contributed by atoms with Crippen molar-refractivity contribution in [1.29, 1.82) is 5.26 Å². The smallest absolute Gasteiger partial charge is 0.222 e. The highest BCUT2D eigenvalue weighted by Gasteiger charge is 2.41. The predicted molar refractivity (Wildman–Crippen MR) is 107 cm³/mol. The van der Waals surface area contributed by atoms with Crippen LogP contribution in [-0.2, 0) is 5.41 Å². The van der Waals surface area contributed by atoms with Gasteiger partial charge in [-0.1, -0.05) is 19.9 Å². The lowest BCUT2D eigenvalue weighted by molar-refractivity contribution is 0.243. The molecular weight excluding hydrogens is 355 g/mol. The molecule has 0 saturated heterocycles. The molecule has 0 aliphatic heterocycles. The first-order valence-electron chi connectivity index (χ1n) is 9.31. The van der Waals surface area contributed by atoms with E-state index in [9.17, 15) is 4.39 Å². The lowest BCUT2D eigenvalue weighted by Crippen LogP contribution is -2.42. The second-order valence-corrected chi connectivity index (χ2v) is 7.18. The summed E-state index contributed by atoms with van der Waals surface area (Å²) < 4.78 is 14.2. The summed E-state index contributed by atoms with van der Waals surface area (Å²) >= 11 is 0. The molecule has 0 amide bonds. The van der Waals surface area contributed by atoms with Crippen LogP contribution >= 0.6 is 0 Å². The third kappa shape index (κ3) is 4.39. The molecule has 1 aliphatic carbocycles. The van der Waals surface area contributed by atoms with E-state index in [1.165, 1.54) is 6.07 Å². The summed E-state index contributed by atoms with van der Waals surface area (Å²) in [6.07, 6.45) is 9.88. The lowest BCUT2D eigenvalue weighted by Gasteiger charge is -2.41. The van der Waals surface area contributed by atoms with E-state index in [4.69, 9.17) is 5.26 Å². The SMILES string of the molecule is C=C(N=CC(C)CC#N)c1cnc(NCC2(c3ncccc3F)CCC2)nc1. The Kier molecular flexibility index (Phi) is 6.09. The quantitative estimate of drug-likeness (QED) is 0.698. The number of nitriles is 1. The van der Waals surface area contributed by atoms with Crippen LogP contribution in [0.2, 0.25) is 0 Å². The second-order valence-electron chi connectivity index (χ2n) is 7.18. The summed E-state index contributed by atoms with van der Waals surface area (Å²) in [4.78, 5) is 17.2. The number of rotatable bonds is 8. The lowest BCUT2D eigenvalue weighted by atomic mass is 9.66. The molecule has 28 heavy (non-hydrogen) atoms. The molecule has 0 aromatic carbocycles. The summed E-state index contributed by atoms with van der Waals surface area (Å²) in [5.74, 6) is 0.273. The van der Waals surface area contributed by atoms with Gasteiger partial charge in [-0.3, -0.25) is 9.98 Å². The molecule has 2 aromatic rings. The van der Waals surface area contributed by atoms with Gasteiger partial charge < -0.3 is 5.32 Å². The maximum Gasteiger partial charge on any atom is 0.222 e. The van der Waals surface area contributed by atoms with Crippen molar-refractivity contribution in [3.05, 3.63) is 54.4 Å². The molecule has 1 saturated carbocycles. The topological polar surface area (TPSA) is 86.9 Å². The van der Waals surface area contributed by atoms with Gasteiger partial charge in [0.15, 0.2) is 0 Å². The molecule has 0 radical (unpaired) electrons. The fourth-order valence-electron chi connectivity index (χ4n) is 3.18. The molecule has 1 atom stereocenters. The normalized spacial score (nSPS) is 16.2. The van der Waals surface area contributed by atoms with Crippen LogP contribution in [0.25, 0.3) is 5.70 Å². The fraction of sp³-hybridized carbons (Fsp3) is 0.381. The van der Waals surface area contributed by atoms with Gasteiger partial charge in [-0.25, -0.2) is 14.4 Å². The summed E-state index contributed by atoms with van der Waals surface area (Å²) in [5.41, 5.74) is 1.46. The Balaban J connectivity index is 1.62. The Bertz CT molecular complexity index is 896. The van der Waals surface area contributed by atoms with Crippen molar-refractivity contribution in [2.75, 3.05) is 11.9 Å². The van der Waals surface area contributed by atoms with Crippen LogP contribution in [0.5, 0.6) is 0 Å². The Morgan fingerprint density at radius 2 is 2.18 bits per heavy atom. The molecule has 144 valence electrons. The summed E-state index contributed by atoms with van der Waals surface area (Å²) in [5, 5.41) is 11.9. The first-order chi connectivity index (χ1) is 13.5. The average molecular weight is 378 g/mol. The van der Waals surface area contributed by atoms with Crippen LogP contribution < -0.4 is 5.32 Å². The average Bonchev–Trinajstić information content (AvgIpc) is 2.67. The minimum atomic E-state index is -0.307. The molecule has 0 spiro atoms. The van der Waals surface area contributed by atoms with Crippen LogP contribution in [0.3, 0.4) is 0 Å². The molecule has 1 N–H and O–H groups in total. The first kappa shape index (κ1) is 19.6. The number of anilines is 1. The molecule has 6 nitrogen and oxygen atoms in total. The number of hydrogen-bond donors (Lipinski definition) is 1. The molecule has 1 fully saturated rings. The highest BCUT2D eigenvalue weighted by atomic mass is 19.1. The molecule has 7 heteroatoms. The van der Waals surface area contributed by atoms with E-state index < -0.39 is 0 Å². The Hall–Kier alpha value is -3.14. The molecule has 3 rings (SSSR count). The summed E-state index contributed by atoms with van der Waals surface area (Å²) in [6.45, 7) is 6.37. The van der Waals surface area contributed by atoms with Crippen molar-refractivity contribution in [3.8, 4) is 6.07 Å². The Morgan fingerprint density at radius 1 is 1.43 bits per heavy atom. The van der Waals surface area contributed by atoms with Crippen molar-refractivity contribution >= 4 is 17.9 Å². The number of halogens is 1. The van der Waals surface area contributed by atoms with Crippen molar-refractivity contribution < 1.29 is 4.39 Å². The van der Waals surface area contributed by atoms with Gasteiger partial charge in [0.1, 0.15) is 5.82 Å².